The minimum atomic E-state index is -0.612. The van der Waals surface area contributed by atoms with Gasteiger partial charge < -0.3 is 33.7 Å². The van der Waals surface area contributed by atoms with Crippen molar-refractivity contribution in [3.05, 3.63) is 24.8 Å². The van der Waals surface area contributed by atoms with E-state index in [1.165, 1.54) is 12.4 Å². The molecule has 0 aliphatic heterocycles. The van der Waals surface area contributed by atoms with Crippen molar-refractivity contribution in [3.8, 4) is 0 Å². The average molecular weight is 412 g/mol. The van der Waals surface area contributed by atoms with Crippen molar-refractivity contribution in [2.24, 2.45) is 0 Å². The van der Waals surface area contributed by atoms with E-state index < -0.39 is 12.2 Å². The summed E-state index contributed by atoms with van der Waals surface area (Å²) in [7, 11) is 0. The van der Waals surface area contributed by atoms with E-state index in [9.17, 15) is 9.59 Å². The molecule has 2 aromatic rings. The molecule has 0 spiro atoms. The van der Waals surface area contributed by atoms with E-state index in [0.29, 0.717) is 38.3 Å². The van der Waals surface area contributed by atoms with Gasteiger partial charge in [-0.3, -0.25) is 10.6 Å². The number of H-pyrrole nitrogens is 2. The fourth-order valence-electron chi connectivity index (χ4n) is 1.86. The molecule has 29 heavy (non-hydrogen) atoms. The standard InChI is InChI=1S/C16H24N6O7/c23-15(21-13-17-1-2-18-13)28-11-9-26-7-5-25-6-8-27-10-12-29-16(24)22-14-19-3-4-20-14/h1-4H,5-12H2,(H2,17,18,21,23)(H2,19,20,22,24). The Labute approximate surface area is 166 Å². The van der Waals surface area contributed by atoms with Gasteiger partial charge in [-0.25, -0.2) is 19.6 Å². The number of amides is 2. The van der Waals surface area contributed by atoms with E-state index in [-0.39, 0.29) is 26.4 Å². The number of rotatable bonds is 14. The van der Waals surface area contributed by atoms with E-state index >= 15 is 0 Å². The summed E-state index contributed by atoms with van der Waals surface area (Å²) >= 11 is 0. The molecule has 0 aliphatic carbocycles. The molecule has 0 radical (unpaired) electrons. The largest absolute Gasteiger partial charge is 0.447 e. The molecule has 0 bridgehead atoms. The Kier molecular flexibility index (Phi) is 10.6. The molecule has 0 saturated heterocycles. The normalized spacial score (nSPS) is 10.5. The van der Waals surface area contributed by atoms with Crippen LogP contribution < -0.4 is 10.6 Å². The number of anilines is 2. The first-order valence-electron chi connectivity index (χ1n) is 8.83. The highest BCUT2D eigenvalue weighted by Crippen LogP contribution is 1.96. The number of hydrogen-bond donors (Lipinski definition) is 4. The quantitative estimate of drug-likeness (QED) is 0.331. The highest BCUT2D eigenvalue weighted by molar-refractivity contribution is 5.82. The number of nitrogens with one attached hydrogen (secondary N) is 4. The van der Waals surface area contributed by atoms with E-state index in [2.05, 4.69) is 30.6 Å². The maximum Gasteiger partial charge on any atom is 0.414 e. The van der Waals surface area contributed by atoms with Crippen molar-refractivity contribution in [2.75, 3.05) is 63.5 Å². The molecule has 0 aromatic carbocycles. The van der Waals surface area contributed by atoms with Gasteiger partial charge in [0.25, 0.3) is 0 Å². The van der Waals surface area contributed by atoms with Crippen LogP contribution >= 0.6 is 0 Å². The number of imidazole rings is 2. The third kappa shape index (κ3) is 10.7. The Balaban J connectivity index is 1.29. The lowest BCUT2D eigenvalue weighted by Crippen LogP contribution is -2.19. The lowest BCUT2D eigenvalue weighted by atomic mass is 10.7. The Morgan fingerprint density at radius 2 is 1.07 bits per heavy atom. The first kappa shape index (κ1) is 22.1. The van der Waals surface area contributed by atoms with Crippen LogP contribution in [0.15, 0.2) is 24.8 Å². The maximum atomic E-state index is 11.4. The SMILES string of the molecule is O=C(Nc1ncc[nH]1)OCCOCCOCCOCCOC(=O)Nc1ncc[nH]1. The number of carbonyl (C=O) groups is 2. The summed E-state index contributed by atoms with van der Waals surface area (Å²) in [5, 5.41) is 4.84. The van der Waals surface area contributed by atoms with E-state index in [4.69, 9.17) is 23.7 Å². The second-order valence-corrected chi connectivity index (χ2v) is 5.23. The van der Waals surface area contributed by atoms with E-state index in [1.54, 1.807) is 12.4 Å². The molecule has 160 valence electrons. The first-order chi connectivity index (χ1) is 14.2. The molecule has 0 atom stereocenters. The minimum Gasteiger partial charge on any atom is -0.447 e. The lowest BCUT2D eigenvalue weighted by Gasteiger charge is -2.08. The highest BCUT2D eigenvalue weighted by Gasteiger charge is 2.04. The van der Waals surface area contributed by atoms with Crippen LogP contribution in [0.4, 0.5) is 21.5 Å². The first-order valence-corrected chi connectivity index (χ1v) is 8.83. The summed E-state index contributed by atoms with van der Waals surface area (Å²) in [6, 6.07) is 0. The van der Waals surface area contributed by atoms with Crippen LogP contribution in [0.5, 0.6) is 0 Å². The third-order valence-corrected chi connectivity index (χ3v) is 3.10. The van der Waals surface area contributed by atoms with Crippen molar-refractivity contribution in [1.82, 2.24) is 19.9 Å². The lowest BCUT2D eigenvalue weighted by molar-refractivity contribution is 0.000467. The maximum absolute atomic E-state index is 11.4. The fourth-order valence-corrected chi connectivity index (χ4v) is 1.86. The number of aromatic nitrogens is 4. The van der Waals surface area contributed by atoms with E-state index in [0.717, 1.165) is 0 Å². The van der Waals surface area contributed by atoms with Crippen LogP contribution in [-0.2, 0) is 23.7 Å². The van der Waals surface area contributed by atoms with Gasteiger partial charge in [-0.05, 0) is 0 Å². The van der Waals surface area contributed by atoms with Crippen molar-refractivity contribution < 1.29 is 33.3 Å². The summed E-state index contributed by atoms with van der Waals surface area (Å²) in [5.74, 6) is 0.630. The smallest absolute Gasteiger partial charge is 0.414 e. The second kappa shape index (κ2) is 13.9. The van der Waals surface area contributed by atoms with Crippen LogP contribution in [0, 0.1) is 0 Å². The molecule has 13 heteroatoms. The topological polar surface area (TPSA) is 162 Å². The van der Waals surface area contributed by atoms with Gasteiger partial charge in [-0.15, -0.1) is 0 Å². The summed E-state index contributed by atoms with van der Waals surface area (Å²) in [6.07, 6.45) is 4.97. The summed E-state index contributed by atoms with van der Waals surface area (Å²) < 4.78 is 25.7. The molecule has 0 saturated carbocycles. The molecule has 0 fully saturated rings. The Bertz CT molecular complexity index is 622. The molecule has 13 nitrogen and oxygen atoms in total. The molecule has 2 aromatic heterocycles. The van der Waals surface area contributed by atoms with Crippen LogP contribution in [0.2, 0.25) is 0 Å². The van der Waals surface area contributed by atoms with Gasteiger partial charge in [-0.2, -0.15) is 0 Å². The molecular weight excluding hydrogens is 388 g/mol. The fraction of sp³-hybridized carbons (Fsp3) is 0.500. The summed E-state index contributed by atoms with van der Waals surface area (Å²) in [5.41, 5.74) is 0. The summed E-state index contributed by atoms with van der Waals surface area (Å²) in [4.78, 5) is 35.9. The van der Waals surface area contributed by atoms with Gasteiger partial charge >= 0.3 is 12.2 Å². The Hall–Kier alpha value is -3.16. The number of carbonyl (C=O) groups excluding carboxylic acids is 2. The number of ether oxygens (including phenoxy) is 5. The van der Waals surface area contributed by atoms with Gasteiger partial charge in [0, 0.05) is 24.8 Å². The van der Waals surface area contributed by atoms with Crippen LogP contribution in [0.1, 0.15) is 0 Å². The monoisotopic (exact) mass is 412 g/mol. The molecular formula is C16H24N6O7. The van der Waals surface area contributed by atoms with Gasteiger partial charge in [0.2, 0.25) is 11.9 Å². The third-order valence-electron chi connectivity index (χ3n) is 3.10. The van der Waals surface area contributed by atoms with Gasteiger partial charge in [0.1, 0.15) is 13.2 Å². The van der Waals surface area contributed by atoms with Crippen molar-refractivity contribution >= 4 is 24.1 Å². The molecule has 4 N–H and O–H groups in total. The highest BCUT2D eigenvalue weighted by atomic mass is 16.6. The summed E-state index contributed by atoms with van der Waals surface area (Å²) in [6.45, 7) is 2.21. The predicted molar refractivity (Wildman–Crippen MR) is 99.6 cm³/mol. The number of nitrogens with zero attached hydrogens (tertiary/aromatic N) is 2. The van der Waals surface area contributed by atoms with Gasteiger partial charge in [0.05, 0.1) is 39.6 Å². The minimum absolute atomic E-state index is 0.114. The molecule has 2 heterocycles. The Morgan fingerprint density at radius 1 is 0.690 bits per heavy atom. The van der Waals surface area contributed by atoms with Crippen LogP contribution in [-0.4, -0.2) is 85.0 Å². The van der Waals surface area contributed by atoms with Crippen LogP contribution in [0.3, 0.4) is 0 Å². The molecule has 0 aliphatic rings. The number of hydrogen-bond acceptors (Lipinski definition) is 9. The zero-order chi connectivity index (χ0) is 20.6. The van der Waals surface area contributed by atoms with Gasteiger partial charge in [0.15, 0.2) is 0 Å². The van der Waals surface area contributed by atoms with Crippen molar-refractivity contribution in [3.63, 3.8) is 0 Å². The Morgan fingerprint density at radius 3 is 1.41 bits per heavy atom. The van der Waals surface area contributed by atoms with Crippen molar-refractivity contribution in [1.29, 1.82) is 0 Å². The molecule has 2 rings (SSSR count). The zero-order valence-electron chi connectivity index (χ0n) is 15.7. The second-order valence-electron chi connectivity index (χ2n) is 5.23. The molecule has 2 amide bonds. The predicted octanol–water partition coefficient (Wildman–Crippen LogP) is 0.980. The van der Waals surface area contributed by atoms with Crippen molar-refractivity contribution in [2.45, 2.75) is 0 Å². The van der Waals surface area contributed by atoms with Crippen LogP contribution in [0.25, 0.3) is 0 Å². The zero-order valence-corrected chi connectivity index (χ0v) is 15.7. The average Bonchev–Trinajstić information content (AvgIpc) is 3.39. The van der Waals surface area contributed by atoms with Gasteiger partial charge in [-0.1, -0.05) is 0 Å². The number of aromatic amines is 2. The van der Waals surface area contributed by atoms with E-state index in [1.807, 2.05) is 0 Å². The molecule has 0 unspecified atom stereocenters.